The number of hydrogen-bond acceptors (Lipinski definition) is 3. The Bertz CT molecular complexity index is 177. The van der Waals surface area contributed by atoms with Gasteiger partial charge in [-0.15, -0.1) is 0 Å². The van der Waals surface area contributed by atoms with E-state index < -0.39 is 0 Å². The van der Waals surface area contributed by atoms with Crippen molar-refractivity contribution in [1.82, 2.24) is 10.2 Å². The first-order valence-electron chi connectivity index (χ1n) is 6.59. The predicted molar refractivity (Wildman–Crippen MR) is 68.8 cm³/mol. The van der Waals surface area contributed by atoms with E-state index in [2.05, 4.69) is 31.0 Å². The zero-order valence-corrected chi connectivity index (χ0v) is 11.3. The first-order valence-corrected chi connectivity index (χ1v) is 6.59. The molecular weight excluding hydrogens is 200 g/mol. The Morgan fingerprint density at radius 1 is 1.25 bits per heavy atom. The average Bonchev–Trinajstić information content (AvgIpc) is 2.27. The van der Waals surface area contributed by atoms with Crippen molar-refractivity contribution in [2.24, 2.45) is 5.92 Å². The van der Waals surface area contributed by atoms with Crippen LogP contribution in [0.2, 0.25) is 0 Å². The summed E-state index contributed by atoms with van der Waals surface area (Å²) in [5.41, 5.74) is 0. The van der Waals surface area contributed by atoms with Gasteiger partial charge >= 0.3 is 0 Å². The van der Waals surface area contributed by atoms with Gasteiger partial charge in [0.05, 0.1) is 0 Å². The molecule has 0 amide bonds. The summed E-state index contributed by atoms with van der Waals surface area (Å²) < 4.78 is 5.14. The molecule has 1 aliphatic heterocycles. The summed E-state index contributed by atoms with van der Waals surface area (Å²) in [6.07, 6.45) is 2.58. The molecular formula is C13H28N2O. The van der Waals surface area contributed by atoms with Crippen molar-refractivity contribution in [3.05, 3.63) is 0 Å². The van der Waals surface area contributed by atoms with Crippen LogP contribution in [-0.2, 0) is 4.74 Å². The second-order valence-electron chi connectivity index (χ2n) is 5.37. The van der Waals surface area contributed by atoms with Crippen molar-refractivity contribution in [2.45, 2.75) is 45.7 Å². The van der Waals surface area contributed by atoms with E-state index in [9.17, 15) is 0 Å². The van der Waals surface area contributed by atoms with E-state index in [-0.39, 0.29) is 0 Å². The molecule has 1 unspecified atom stereocenters. The Kier molecular flexibility index (Phi) is 6.32. The monoisotopic (exact) mass is 228 g/mol. The van der Waals surface area contributed by atoms with Crippen LogP contribution in [0.4, 0.5) is 0 Å². The van der Waals surface area contributed by atoms with Crippen LogP contribution in [0.3, 0.4) is 0 Å². The molecule has 0 spiro atoms. The van der Waals surface area contributed by atoms with Crippen molar-refractivity contribution < 1.29 is 4.74 Å². The van der Waals surface area contributed by atoms with Gasteiger partial charge in [0.1, 0.15) is 0 Å². The second kappa shape index (κ2) is 7.25. The van der Waals surface area contributed by atoms with E-state index in [1.165, 1.54) is 25.9 Å². The number of rotatable bonds is 6. The van der Waals surface area contributed by atoms with Gasteiger partial charge in [-0.25, -0.2) is 0 Å². The molecule has 1 atom stereocenters. The van der Waals surface area contributed by atoms with Crippen LogP contribution in [0, 0.1) is 5.92 Å². The Labute approximate surface area is 101 Å². The fraction of sp³-hybridized carbons (Fsp3) is 1.00. The van der Waals surface area contributed by atoms with Crippen LogP contribution in [-0.4, -0.2) is 50.3 Å². The summed E-state index contributed by atoms with van der Waals surface area (Å²) in [5.74, 6) is 0.619. The third kappa shape index (κ3) is 4.81. The molecule has 0 aromatic rings. The Hall–Kier alpha value is -0.120. The lowest BCUT2D eigenvalue weighted by atomic mass is 10.0. The largest absolute Gasteiger partial charge is 0.384 e. The van der Waals surface area contributed by atoms with Gasteiger partial charge in [-0.3, -0.25) is 0 Å². The average molecular weight is 228 g/mol. The molecule has 16 heavy (non-hydrogen) atoms. The highest BCUT2D eigenvalue weighted by atomic mass is 16.5. The van der Waals surface area contributed by atoms with Crippen LogP contribution in [0.25, 0.3) is 0 Å². The molecule has 1 saturated heterocycles. The second-order valence-corrected chi connectivity index (χ2v) is 5.37. The quantitative estimate of drug-likeness (QED) is 0.749. The minimum atomic E-state index is 0.619. The van der Waals surface area contributed by atoms with Crippen LogP contribution in [0.15, 0.2) is 0 Å². The van der Waals surface area contributed by atoms with Crippen LogP contribution in [0.1, 0.15) is 33.6 Å². The van der Waals surface area contributed by atoms with Crippen LogP contribution in [0.5, 0.6) is 0 Å². The van der Waals surface area contributed by atoms with Crippen molar-refractivity contribution in [3.8, 4) is 0 Å². The molecule has 0 aromatic carbocycles. The van der Waals surface area contributed by atoms with Gasteiger partial charge in [0.2, 0.25) is 0 Å². The van der Waals surface area contributed by atoms with Crippen LogP contribution >= 0.6 is 0 Å². The van der Waals surface area contributed by atoms with E-state index in [1.54, 1.807) is 7.11 Å². The molecule has 96 valence electrons. The molecule has 1 aliphatic rings. The Morgan fingerprint density at radius 2 is 1.88 bits per heavy atom. The lowest BCUT2D eigenvalue weighted by Crippen LogP contribution is -2.46. The maximum absolute atomic E-state index is 5.14. The van der Waals surface area contributed by atoms with Gasteiger partial charge in [-0.1, -0.05) is 6.92 Å². The Morgan fingerprint density at radius 3 is 2.38 bits per heavy atom. The first kappa shape index (κ1) is 13.9. The molecule has 0 aliphatic carbocycles. The number of hydrogen-bond donors (Lipinski definition) is 1. The third-order valence-electron chi connectivity index (χ3n) is 3.47. The summed E-state index contributed by atoms with van der Waals surface area (Å²) in [7, 11) is 1.78. The molecule has 1 fully saturated rings. The van der Waals surface area contributed by atoms with Crippen molar-refractivity contribution in [2.75, 3.05) is 33.4 Å². The van der Waals surface area contributed by atoms with Crippen molar-refractivity contribution >= 4 is 0 Å². The summed E-state index contributed by atoms with van der Waals surface area (Å²) in [4.78, 5) is 2.57. The number of ether oxygens (including phenoxy) is 1. The number of methoxy groups -OCH3 is 1. The van der Waals surface area contributed by atoms with Crippen molar-refractivity contribution in [3.63, 3.8) is 0 Å². The number of nitrogens with zero attached hydrogens (tertiary/aromatic N) is 1. The molecule has 0 aromatic heterocycles. The highest BCUT2D eigenvalue weighted by Gasteiger charge is 2.20. The van der Waals surface area contributed by atoms with E-state index in [0.717, 1.165) is 13.2 Å². The normalized spacial score (nSPS) is 21.6. The van der Waals surface area contributed by atoms with Crippen molar-refractivity contribution in [1.29, 1.82) is 0 Å². The molecule has 0 radical (unpaired) electrons. The smallest absolute Gasteiger partial charge is 0.0499 e. The summed E-state index contributed by atoms with van der Waals surface area (Å²) in [6, 6.07) is 1.42. The summed E-state index contributed by atoms with van der Waals surface area (Å²) in [5, 5.41) is 3.66. The zero-order chi connectivity index (χ0) is 12.0. The topological polar surface area (TPSA) is 24.5 Å². The number of piperidine rings is 1. The number of nitrogens with one attached hydrogen (secondary N) is 1. The predicted octanol–water partition coefficient (Wildman–Crippen LogP) is 1.73. The Balaban J connectivity index is 2.12. The maximum Gasteiger partial charge on any atom is 0.0499 e. The third-order valence-corrected chi connectivity index (χ3v) is 3.47. The van der Waals surface area contributed by atoms with E-state index >= 15 is 0 Å². The molecule has 1 heterocycles. The highest BCUT2D eigenvalue weighted by Crippen LogP contribution is 2.13. The molecule has 0 saturated carbocycles. The molecule has 0 bridgehead atoms. The van der Waals surface area contributed by atoms with Crippen LogP contribution < -0.4 is 5.32 Å². The van der Waals surface area contributed by atoms with Gasteiger partial charge in [-0.2, -0.15) is 0 Å². The summed E-state index contributed by atoms with van der Waals surface area (Å²) in [6.45, 7) is 11.2. The summed E-state index contributed by atoms with van der Waals surface area (Å²) >= 11 is 0. The van der Waals surface area contributed by atoms with Gasteiger partial charge in [0.25, 0.3) is 0 Å². The fourth-order valence-corrected chi connectivity index (χ4v) is 2.33. The maximum atomic E-state index is 5.14. The van der Waals surface area contributed by atoms with E-state index in [1.807, 2.05) is 0 Å². The van der Waals surface area contributed by atoms with E-state index in [4.69, 9.17) is 4.74 Å². The molecule has 3 nitrogen and oxygen atoms in total. The SMILES string of the molecule is COCC(C)CNC1CCN(C(C)C)CC1. The van der Waals surface area contributed by atoms with Gasteiger partial charge in [0, 0.05) is 32.3 Å². The van der Waals surface area contributed by atoms with Gasteiger partial charge < -0.3 is 15.0 Å². The van der Waals surface area contributed by atoms with Gasteiger partial charge in [0.15, 0.2) is 0 Å². The minimum absolute atomic E-state index is 0.619. The van der Waals surface area contributed by atoms with Gasteiger partial charge in [-0.05, 0) is 45.7 Å². The first-order chi connectivity index (χ1) is 7.63. The van der Waals surface area contributed by atoms with E-state index in [0.29, 0.717) is 18.0 Å². The lowest BCUT2D eigenvalue weighted by molar-refractivity contribution is 0.141. The standard InChI is InChI=1S/C13H28N2O/c1-11(2)15-7-5-13(6-8-15)14-9-12(3)10-16-4/h11-14H,5-10H2,1-4H3. The molecule has 3 heteroatoms. The minimum Gasteiger partial charge on any atom is -0.384 e. The fourth-order valence-electron chi connectivity index (χ4n) is 2.33. The highest BCUT2D eigenvalue weighted by molar-refractivity contribution is 4.79. The number of likely N-dealkylation sites (tertiary alicyclic amines) is 1. The molecule has 1 N–H and O–H groups in total. The lowest BCUT2D eigenvalue weighted by Gasteiger charge is -2.35. The zero-order valence-electron chi connectivity index (χ0n) is 11.3. The molecule has 1 rings (SSSR count).